The second-order valence-electron chi connectivity index (χ2n) is 12.9. The molecule has 16 heteroatoms. The van der Waals surface area contributed by atoms with E-state index in [1.54, 1.807) is 0 Å². The van der Waals surface area contributed by atoms with Gasteiger partial charge in [-0.15, -0.1) is 0 Å². The molecule has 276 valence electrons. The maximum Gasteiger partial charge on any atom is 0.345 e. The number of fused-ring (bicyclic) bond motifs is 1. The van der Waals surface area contributed by atoms with E-state index in [0.29, 0.717) is 5.57 Å². The Hall–Kier alpha value is -6.00. The summed E-state index contributed by atoms with van der Waals surface area (Å²) in [7, 11) is 0. The lowest BCUT2D eigenvalue weighted by atomic mass is 9.74. The van der Waals surface area contributed by atoms with Crippen molar-refractivity contribution in [3.63, 3.8) is 0 Å². The molecular formula is C36H36O16. The Morgan fingerprint density at radius 1 is 0.904 bits per heavy atom. The number of aliphatic carboxylic acids is 2. The molecule has 9 N–H and O–H groups in total. The van der Waals surface area contributed by atoms with E-state index in [2.05, 4.69) is 0 Å². The minimum atomic E-state index is -1.90. The largest absolute Gasteiger partial charge is 0.510 e. The first-order valence-corrected chi connectivity index (χ1v) is 15.9. The van der Waals surface area contributed by atoms with Crippen molar-refractivity contribution in [1.82, 2.24) is 0 Å². The van der Waals surface area contributed by atoms with Gasteiger partial charge in [0.15, 0.2) is 23.0 Å². The number of aromatic hydroxyl groups is 3. The fraction of sp³-hybridized carbons (Fsp3) is 0.333. The monoisotopic (exact) mass is 724 g/mol. The highest BCUT2D eigenvalue weighted by molar-refractivity contribution is 5.92. The molecule has 52 heavy (non-hydrogen) atoms. The molecule has 0 bridgehead atoms. The number of carboxylic acid groups (broad SMARTS) is 2. The normalized spacial score (nSPS) is 25.1. The Morgan fingerprint density at radius 2 is 1.62 bits per heavy atom. The molecule has 2 aliphatic carbocycles. The molecule has 0 fully saturated rings. The van der Waals surface area contributed by atoms with Crippen molar-refractivity contribution < 1.29 is 79.3 Å². The van der Waals surface area contributed by atoms with Gasteiger partial charge in [0.25, 0.3) is 0 Å². The van der Waals surface area contributed by atoms with E-state index in [-0.39, 0.29) is 53.9 Å². The summed E-state index contributed by atoms with van der Waals surface area (Å²) in [6.45, 7) is 1.42. The van der Waals surface area contributed by atoms with Crippen LogP contribution in [0.5, 0.6) is 23.0 Å². The fourth-order valence-corrected chi connectivity index (χ4v) is 6.37. The van der Waals surface area contributed by atoms with Crippen LogP contribution >= 0.6 is 0 Å². The van der Waals surface area contributed by atoms with Crippen molar-refractivity contribution in [2.75, 3.05) is 0 Å². The molecule has 1 aliphatic heterocycles. The Morgan fingerprint density at radius 3 is 2.25 bits per heavy atom. The van der Waals surface area contributed by atoms with Gasteiger partial charge in [-0.3, -0.25) is 4.79 Å². The first-order chi connectivity index (χ1) is 24.5. The van der Waals surface area contributed by atoms with Gasteiger partial charge in [-0.05, 0) is 60.4 Å². The molecule has 2 aromatic carbocycles. The van der Waals surface area contributed by atoms with Crippen LogP contribution in [0.15, 0.2) is 71.7 Å². The van der Waals surface area contributed by atoms with Gasteiger partial charge in [-0.1, -0.05) is 30.7 Å². The van der Waals surface area contributed by atoms with Crippen LogP contribution in [-0.2, 0) is 28.7 Å². The highest BCUT2D eigenvalue weighted by atomic mass is 16.6. The van der Waals surface area contributed by atoms with Gasteiger partial charge in [-0.25, -0.2) is 14.4 Å². The van der Waals surface area contributed by atoms with E-state index in [1.165, 1.54) is 37.3 Å². The van der Waals surface area contributed by atoms with Gasteiger partial charge < -0.3 is 60.2 Å². The van der Waals surface area contributed by atoms with Crippen LogP contribution in [0, 0.1) is 5.41 Å². The maximum absolute atomic E-state index is 14.1. The van der Waals surface area contributed by atoms with E-state index in [4.69, 9.17) is 14.2 Å². The zero-order valence-corrected chi connectivity index (χ0v) is 27.4. The number of ether oxygens (including phenoxy) is 3. The first kappa shape index (κ1) is 37.3. The number of esters is 2. The molecule has 3 aliphatic rings. The Balaban J connectivity index is 1.49. The topological polar surface area (TPSA) is 278 Å². The zero-order valence-electron chi connectivity index (χ0n) is 27.4. The predicted molar refractivity (Wildman–Crippen MR) is 176 cm³/mol. The fourth-order valence-electron chi connectivity index (χ4n) is 6.37. The molecule has 7 unspecified atom stereocenters. The van der Waals surface area contributed by atoms with Crippen LogP contribution in [0.3, 0.4) is 0 Å². The van der Waals surface area contributed by atoms with Crippen LogP contribution in [-0.4, -0.2) is 94.3 Å². The van der Waals surface area contributed by atoms with Gasteiger partial charge in [0.05, 0.1) is 0 Å². The summed E-state index contributed by atoms with van der Waals surface area (Å²) < 4.78 is 16.7. The molecule has 0 saturated carbocycles. The number of benzene rings is 2. The number of hydrogen-bond acceptors (Lipinski definition) is 14. The standard InChI is InChI=1S/C36H36O16/c1-36(11-10-21(39)25(43)15-36)32(34(47)48)52-35(49)29-28-17(3-8-22(40)31(28)51-30(29)18-4-7-20(38)24(42)14-18)5-9-27(44)50-26(33(45)46)13-16-2-6-19(37)23(41)12-16/h2-9,14-15,21,23,26,29-30,32,37-43H,10-13H2,1H3,(H,45,46)(H,47,48)/b9-5+. The first-order valence-electron chi connectivity index (χ1n) is 15.9. The number of aliphatic hydroxyl groups excluding tert-OH is 4. The third kappa shape index (κ3) is 7.67. The van der Waals surface area contributed by atoms with Crippen molar-refractivity contribution in [1.29, 1.82) is 0 Å². The summed E-state index contributed by atoms with van der Waals surface area (Å²) in [5, 5.41) is 90.4. The number of aliphatic hydroxyl groups is 4. The van der Waals surface area contributed by atoms with E-state index in [1.807, 2.05) is 0 Å². The molecule has 0 aromatic heterocycles. The smallest absolute Gasteiger partial charge is 0.345 e. The molecule has 7 atom stereocenters. The average Bonchev–Trinajstić information content (AvgIpc) is 3.49. The van der Waals surface area contributed by atoms with Crippen LogP contribution in [0.4, 0.5) is 0 Å². The number of phenols is 3. The van der Waals surface area contributed by atoms with Crippen LogP contribution in [0.25, 0.3) is 6.08 Å². The molecule has 0 amide bonds. The number of allylic oxidation sites excluding steroid dienone is 2. The van der Waals surface area contributed by atoms with Crippen molar-refractivity contribution in [3.05, 3.63) is 88.4 Å². The summed E-state index contributed by atoms with van der Waals surface area (Å²) in [5.74, 6) is -9.61. The molecule has 2 aromatic rings. The van der Waals surface area contributed by atoms with Crippen molar-refractivity contribution in [3.8, 4) is 23.0 Å². The number of hydrogen-bond donors (Lipinski definition) is 9. The molecule has 0 saturated heterocycles. The summed E-state index contributed by atoms with van der Waals surface area (Å²) in [4.78, 5) is 51.4. The number of rotatable bonds is 11. The maximum atomic E-state index is 14.1. The minimum Gasteiger partial charge on any atom is -0.510 e. The highest BCUT2D eigenvalue weighted by Gasteiger charge is 2.49. The van der Waals surface area contributed by atoms with E-state index >= 15 is 0 Å². The predicted octanol–water partition coefficient (Wildman–Crippen LogP) is 3.15. The van der Waals surface area contributed by atoms with Gasteiger partial charge in [0.1, 0.15) is 35.7 Å². The lowest BCUT2D eigenvalue weighted by Gasteiger charge is -2.36. The van der Waals surface area contributed by atoms with E-state index in [9.17, 15) is 65.1 Å². The number of carbonyl (C=O) groups excluding carboxylic acids is 2. The van der Waals surface area contributed by atoms with Gasteiger partial charge in [0, 0.05) is 29.9 Å². The molecule has 5 rings (SSSR count). The lowest BCUT2D eigenvalue weighted by molar-refractivity contribution is -0.174. The second-order valence-corrected chi connectivity index (χ2v) is 12.9. The van der Waals surface area contributed by atoms with Crippen molar-refractivity contribution >= 4 is 30.0 Å². The van der Waals surface area contributed by atoms with Crippen molar-refractivity contribution in [2.45, 2.75) is 69.0 Å². The van der Waals surface area contributed by atoms with E-state index in [0.717, 1.165) is 30.4 Å². The number of phenolic OH excluding ortho intramolecular Hbond substituents is 3. The summed E-state index contributed by atoms with van der Waals surface area (Å²) in [6.07, 6.45) is -2.19. The van der Waals surface area contributed by atoms with Crippen molar-refractivity contribution in [2.24, 2.45) is 5.41 Å². The average molecular weight is 725 g/mol. The molecule has 16 nitrogen and oxygen atoms in total. The Bertz CT molecular complexity index is 1910. The third-order valence-electron chi connectivity index (χ3n) is 9.15. The van der Waals surface area contributed by atoms with Crippen LogP contribution in [0.1, 0.15) is 61.3 Å². The van der Waals surface area contributed by atoms with Gasteiger partial charge >= 0.3 is 23.9 Å². The lowest BCUT2D eigenvalue weighted by Crippen LogP contribution is -2.45. The SMILES string of the molecule is CC1(C(OC(=O)C2c3c(/C=C/C(=O)OC(CC4=CC=C(O)C(O)C4)C(=O)O)ccc(O)c3OC2c2ccc(O)c(O)c2)C(=O)O)C=C(O)C(O)CC1. The minimum absolute atomic E-state index is 0.000747. The molecule has 1 heterocycles. The highest BCUT2D eigenvalue weighted by Crippen LogP contribution is 2.53. The molecule has 0 radical (unpaired) electrons. The van der Waals surface area contributed by atoms with Crippen LogP contribution < -0.4 is 4.74 Å². The van der Waals surface area contributed by atoms with E-state index < -0.39 is 88.7 Å². The quantitative estimate of drug-likeness (QED) is 0.0914. The number of carboxylic acids is 2. The molecule has 0 spiro atoms. The second kappa shape index (κ2) is 14.7. The third-order valence-corrected chi connectivity index (χ3v) is 9.15. The van der Waals surface area contributed by atoms with Crippen LogP contribution in [0.2, 0.25) is 0 Å². The summed E-state index contributed by atoms with van der Waals surface area (Å²) in [6, 6.07) is 5.96. The summed E-state index contributed by atoms with van der Waals surface area (Å²) in [5.41, 5.74) is -1.03. The molecular weight excluding hydrogens is 688 g/mol. The zero-order chi connectivity index (χ0) is 38.1. The summed E-state index contributed by atoms with van der Waals surface area (Å²) >= 11 is 0. The van der Waals surface area contributed by atoms with Gasteiger partial charge in [0.2, 0.25) is 12.2 Å². The Labute approximate surface area is 295 Å². The Kier molecular flexibility index (Phi) is 10.5. The van der Waals surface area contributed by atoms with Gasteiger partial charge in [-0.2, -0.15) is 0 Å². The number of carbonyl (C=O) groups is 4.